The van der Waals surface area contributed by atoms with E-state index in [1.165, 1.54) is 4.90 Å². The fourth-order valence-electron chi connectivity index (χ4n) is 0.790. The zero-order chi connectivity index (χ0) is 7.56. The summed E-state index contributed by atoms with van der Waals surface area (Å²) in [5.41, 5.74) is 4.87. The van der Waals surface area contributed by atoms with Gasteiger partial charge in [-0.1, -0.05) is 6.08 Å². The summed E-state index contributed by atoms with van der Waals surface area (Å²) in [6.45, 7) is -0.00463. The van der Waals surface area contributed by atoms with Crippen LogP contribution in [0.2, 0.25) is 0 Å². The lowest BCUT2D eigenvalue weighted by molar-refractivity contribution is -0.130. The monoisotopic (exact) mass is 140 g/mol. The largest absolute Gasteiger partial charge is 0.368 e. The van der Waals surface area contributed by atoms with Gasteiger partial charge in [-0.05, 0) is 0 Å². The first kappa shape index (κ1) is 6.80. The average molecular weight is 140 g/mol. The summed E-state index contributed by atoms with van der Waals surface area (Å²) in [6, 6.07) is 0. The first-order valence-electron chi connectivity index (χ1n) is 2.94. The quantitative estimate of drug-likeness (QED) is 0.546. The summed E-state index contributed by atoms with van der Waals surface area (Å²) in [5.74, 6) is -0.557. The molecule has 4 nitrogen and oxygen atoms in total. The molecule has 10 heavy (non-hydrogen) atoms. The molecule has 0 fully saturated rings. The van der Waals surface area contributed by atoms with Gasteiger partial charge in [0, 0.05) is 12.6 Å². The Hall–Kier alpha value is -1.32. The standard InChI is InChI=1S/C6H8N2O2/c7-5(9)4-8-3-1-2-6(8)10/h1,3H,2,4H2,(H2,7,9). The maximum Gasteiger partial charge on any atom is 0.237 e. The highest BCUT2D eigenvalue weighted by atomic mass is 16.2. The molecule has 2 N–H and O–H groups in total. The Morgan fingerprint density at radius 1 is 1.80 bits per heavy atom. The minimum Gasteiger partial charge on any atom is -0.368 e. The van der Waals surface area contributed by atoms with E-state index in [2.05, 4.69) is 0 Å². The van der Waals surface area contributed by atoms with Gasteiger partial charge in [-0.15, -0.1) is 0 Å². The molecule has 1 aliphatic rings. The molecule has 2 amide bonds. The van der Waals surface area contributed by atoms with Crippen LogP contribution >= 0.6 is 0 Å². The van der Waals surface area contributed by atoms with Crippen LogP contribution in [0.25, 0.3) is 0 Å². The maximum absolute atomic E-state index is 10.8. The number of hydrogen-bond acceptors (Lipinski definition) is 2. The smallest absolute Gasteiger partial charge is 0.237 e. The highest BCUT2D eigenvalue weighted by Gasteiger charge is 2.15. The third-order valence-corrected chi connectivity index (χ3v) is 1.22. The highest BCUT2D eigenvalue weighted by molar-refractivity contribution is 5.86. The number of carbonyl (C=O) groups is 2. The summed E-state index contributed by atoms with van der Waals surface area (Å²) in [4.78, 5) is 22.4. The Balaban J connectivity index is 2.48. The van der Waals surface area contributed by atoms with Crippen LogP contribution in [0.3, 0.4) is 0 Å². The van der Waals surface area contributed by atoms with E-state index < -0.39 is 5.91 Å². The molecule has 1 aliphatic heterocycles. The van der Waals surface area contributed by atoms with Gasteiger partial charge >= 0.3 is 0 Å². The molecular formula is C6H8N2O2. The summed E-state index contributed by atoms with van der Waals surface area (Å²) in [7, 11) is 0. The van der Waals surface area contributed by atoms with Gasteiger partial charge in [0.05, 0.1) is 0 Å². The van der Waals surface area contributed by atoms with Crippen LogP contribution in [-0.4, -0.2) is 23.3 Å². The molecule has 0 saturated heterocycles. The van der Waals surface area contributed by atoms with Crippen LogP contribution in [-0.2, 0) is 9.59 Å². The van der Waals surface area contributed by atoms with E-state index in [1.807, 2.05) is 0 Å². The van der Waals surface area contributed by atoms with Crippen molar-refractivity contribution in [2.45, 2.75) is 6.42 Å². The highest BCUT2D eigenvalue weighted by Crippen LogP contribution is 2.04. The molecule has 0 spiro atoms. The van der Waals surface area contributed by atoms with Gasteiger partial charge in [-0.25, -0.2) is 0 Å². The number of rotatable bonds is 2. The molecule has 0 atom stereocenters. The van der Waals surface area contributed by atoms with Crippen molar-refractivity contribution in [1.29, 1.82) is 0 Å². The molecular weight excluding hydrogens is 132 g/mol. The first-order valence-corrected chi connectivity index (χ1v) is 2.94. The van der Waals surface area contributed by atoms with E-state index in [1.54, 1.807) is 12.3 Å². The number of nitrogens with two attached hydrogens (primary N) is 1. The van der Waals surface area contributed by atoms with Crippen molar-refractivity contribution in [3.05, 3.63) is 12.3 Å². The summed E-state index contributed by atoms with van der Waals surface area (Å²) < 4.78 is 0. The number of amides is 2. The Bertz CT molecular complexity index is 198. The van der Waals surface area contributed by atoms with Gasteiger partial charge < -0.3 is 10.6 Å². The Morgan fingerprint density at radius 3 is 2.90 bits per heavy atom. The van der Waals surface area contributed by atoms with Gasteiger partial charge in [0.25, 0.3) is 0 Å². The van der Waals surface area contributed by atoms with E-state index in [0.717, 1.165) is 0 Å². The number of primary amides is 1. The second-order valence-corrected chi connectivity index (χ2v) is 2.08. The molecule has 0 unspecified atom stereocenters. The number of carbonyl (C=O) groups excluding carboxylic acids is 2. The second-order valence-electron chi connectivity index (χ2n) is 2.08. The van der Waals surface area contributed by atoms with E-state index in [-0.39, 0.29) is 12.5 Å². The molecule has 0 aromatic heterocycles. The predicted molar refractivity (Wildman–Crippen MR) is 34.7 cm³/mol. The van der Waals surface area contributed by atoms with Crippen LogP contribution in [0.15, 0.2) is 12.3 Å². The van der Waals surface area contributed by atoms with Crippen LogP contribution < -0.4 is 5.73 Å². The van der Waals surface area contributed by atoms with Gasteiger partial charge in [-0.2, -0.15) is 0 Å². The Kier molecular flexibility index (Phi) is 1.71. The van der Waals surface area contributed by atoms with Crippen LogP contribution in [0.1, 0.15) is 6.42 Å². The zero-order valence-electron chi connectivity index (χ0n) is 5.41. The lowest BCUT2D eigenvalue weighted by atomic mass is 10.4. The predicted octanol–water partition coefficient (Wildman–Crippen LogP) is -0.782. The molecule has 4 heteroatoms. The second kappa shape index (κ2) is 2.51. The maximum atomic E-state index is 10.8. The van der Waals surface area contributed by atoms with Crippen LogP contribution in [0, 0.1) is 0 Å². The average Bonchev–Trinajstić information content (AvgIpc) is 2.15. The van der Waals surface area contributed by atoms with Crippen LogP contribution in [0.5, 0.6) is 0 Å². The van der Waals surface area contributed by atoms with Crippen molar-refractivity contribution in [2.24, 2.45) is 5.73 Å². The third-order valence-electron chi connectivity index (χ3n) is 1.22. The van der Waals surface area contributed by atoms with Crippen molar-refractivity contribution in [2.75, 3.05) is 6.54 Å². The fourth-order valence-corrected chi connectivity index (χ4v) is 0.790. The van der Waals surface area contributed by atoms with Gasteiger partial charge in [0.15, 0.2) is 0 Å². The molecule has 0 aromatic carbocycles. The van der Waals surface area contributed by atoms with Gasteiger partial charge in [0.1, 0.15) is 6.54 Å². The molecule has 0 aliphatic carbocycles. The molecule has 1 heterocycles. The normalized spacial score (nSPS) is 16.4. The topological polar surface area (TPSA) is 63.4 Å². The summed E-state index contributed by atoms with van der Waals surface area (Å²) in [6.07, 6.45) is 3.66. The first-order chi connectivity index (χ1) is 4.70. The van der Waals surface area contributed by atoms with E-state index >= 15 is 0 Å². The van der Waals surface area contributed by atoms with E-state index in [9.17, 15) is 9.59 Å². The SMILES string of the molecule is NC(=O)CN1C=CCC1=O. The van der Waals surface area contributed by atoms with Crippen molar-refractivity contribution in [3.63, 3.8) is 0 Å². The van der Waals surface area contributed by atoms with Crippen molar-refractivity contribution < 1.29 is 9.59 Å². The van der Waals surface area contributed by atoms with E-state index in [4.69, 9.17) is 5.73 Å². The molecule has 0 bridgehead atoms. The molecule has 0 aromatic rings. The van der Waals surface area contributed by atoms with Gasteiger partial charge in [0.2, 0.25) is 11.8 Å². The number of nitrogens with zero attached hydrogens (tertiary/aromatic N) is 1. The molecule has 0 saturated carbocycles. The summed E-state index contributed by atoms with van der Waals surface area (Å²) >= 11 is 0. The zero-order valence-corrected chi connectivity index (χ0v) is 5.41. The lowest BCUT2D eigenvalue weighted by Crippen LogP contribution is -2.31. The van der Waals surface area contributed by atoms with Crippen molar-refractivity contribution in [1.82, 2.24) is 4.90 Å². The van der Waals surface area contributed by atoms with Crippen LogP contribution in [0.4, 0.5) is 0 Å². The number of hydrogen-bond donors (Lipinski definition) is 1. The lowest BCUT2D eigenvalue weighted by Gasteiger charge is -2.09. The van der Waals surface area contributed by atoms with Crippen molar-refractivity contribution >= 4 is 11.8 Å². The Morgan fingerprint density at radius 2 is 2.50 bits per heavy atom. The fraction of sp³-hybridized carbons (Fsp3) is 0.333. The molecule has 1 rings (SSSR count). The van der Waals surface area contributed by atoms with E-state index in [0.29, 0.717) is 6.42 Å². The summed E-state index contributed by atoms with van der Waals surface area (Å²) in [5, 5.41) is 0. The Labute approximate surface area is 58.3 Å². The molecule has 54 valence electrons. The van der Waals surface area contributed by atoms with Gasteiger partial charge in [-0.3, -0.25) is 9.59 Å². The van der Waals surface area contributed by atoms with Crippen molar-refractivity contribution in [3.8, 4) is 0 Å². The minimum absolute atomic E-state index is 0.00463. The minimum atomic E-state index is -0.486. The third kappa shape index (κ3) is 1.34. The molecule has 0 radical (unpaired) electrons.